The molecule has 2 heterocycles. The average Bonchev–Trinajstić information content (AvgIpc) is 3.40. The molecule has 1 N–H and O–H groups in total. The Morgan fingerprint density at radius 1 is 1.10 bits per heavy atom. The number of nitrogens with one attached hydrogen (secondary N) is 1. The maximum Gasteiger partial charge on any atom is 0.407 e. The van der Waals surface area contributed by atoms with Gasteiger partial charge in [0.05, 0.1) is 12.7 Å². The van der Waals surface area contributed by atoms with Gasteiger partial charge in [-0.2, -0.15) is 0 Å². The monoisotopic (exact) mass is 581 g/mol. The highest BCUT2D eigenvalue weighted by Gasteiger charge is 2.68. The first-order chi connectivity index (χ1) is 19.6. The number of allylic oxidation sites excluding steroid dienone is 1. The second kappa shape index (κ2) is 10.3. The molecule has 224 valence electrons. The third kappa shape index (κ3) is 4.51. The minimum atomic E-state index is -0.345. The molecule has 2 saturated heterocycles. The van der Waals surface area contributed by atoms with Gasteiger partial charge in [-0.25, -0.2) is 4.79 Å². The van der Waals surface area contributed by atoms with Crippen LogP contribution in [-0.2, 0) is 20.8 Å². The summed E-state index contributed by atoms with van der Waals surface area (Å²) in [7, 11) is 0. The van der Waals surface area contributed by atoms with E-state index < -0.39 is 0 Å². The Morgan fingerprint density at radius 2 is 1.93 bits per heavy atom. The van der Waals surface area contributed by atoms with Gasteiger partial charge in [-0.1, -0.05) is 69.1 Å². The molecule has 5 fully saturated rings. The molecule has 41 heavy (non-hydrogen) atoms. The van der Waals surface area contributed by atoms with E-state index in [9.17, 15) is 4.79 Å². The number of fused-ring (bicyclic) bond motifs is 7. The van der Waals surface area contributed by atoms with Crippen molar-refractivity contribution in [3.05, 3.63) is 46.5 Å². The molecule has 6 aliphatic rings. The van der Waals surface area contributed by atoms with Crippen molar-refractivity contribution in [3.63, 3.8) is 0 Å². The van der Waals surface area contributed by atoms with E-state index in [1.165, 1.54) is 31.3 Å². The van der Waals surface area contributed by atoms with E-state index in [1.807, 2.05) is 24.3 Å². The van der Waals surface area contributed by atoms with Gasteiger partial charge in [0.15, 0.2) is 5.79 Å². The molecule has 0 unspecified atom stereocenters. The number of hydrogen-bond donors (Lipinski definition) is 1. The molecular weight excluding hydrogens is 534 g/mol. The fraction of sp³-hybridized carbons (Fsp3) is 0.743. The zero-order valence-electron chi connectivity index (χ0n) is 25.3. The molecule has 1 amide bonds. The zero-order chi connectivity index (χ0) is 28.6. The van der Waals surface area contributed by atoms with E-state index in [0.29, 0.717) is 46.8 Å². The minimum Gasteiger partial charge on any atom is -0.446 e. The number of hydrogen-bond acceptors (Lipinski definition) is 4. The molecule has 1 aromatic carbocycles. The van der Waals surface area contributed by atoms with Crippen LogP contribution in [-0.4, -0.2) is 30.7 Å². The zero-order valence-corrected chi connectivity index (χ0v) is 26.1. The molecule has 3 saturated carbocycles. The Balaban J connectivity index is 1.01. The van der Waals surface area contributed by atoms with Gasteiger partial charge in [0, 0.05) is 30.3 Å². The van der Waals surface area contributed by atoms with E-state index >= 15 is 0 Å². The molecule has 7 rings (SSSR count). The van der Waals surface area contributed by atoms with Gasteiger partial charge < -0.3 is 19.5 Å². The lowest BCUT2D eigenvalue weighted by atomic mass is 9.47. The molecule has 0 aromatic heterocycles. The van der Waals surface area contributed by atoms with Crippen LogP contribution in [0.2, 0.25) is 5.02 Å². The summed E-state index contributed by atoms with van der Waals surface area (Å²) in [5.74, 6) is 3.53. The van der Waals surface area contributed by atoms with Crippen molar-refractivity contribution in [2.45, 2.75) is 110 Å². The van der Waals surface area contributed by atoms with Gasteiger partial charge in [0.1, 0.15) is 6.10 Å². The molecule has 4 aliphatic carbocycles. The second-order valence-corrected chi connectivity index (χ2v) is 15.4. The molecule has 6 heteroatoms. The predicted molar refractivity (Wildman–Crippen MR) is 160 cm³/mol. The molecule has 1 aromatic rings. The van der Waals surface area contributed by atoms with Crippen molar-refractivity contribution >= 4 is 17.7 Å². The molecule has 0 bridgehead atoms. The molecule has 1 spiro atoms. The SMILES string of the molecule is C[C@@H]1CC[C@@]2(OC1)O[C@H]1C[C@H]3[C@@H]4CC=C5C[C@@H](OC(=O)NCc6ccccc6Cl)CC[C@]5(C)[C@H]4CC[C@]3(C)[C@H]1[C@@H]2C. The van der Waals surface area contributed by atoms with Crippen LogP contribution >= 0.6 is 11.6 Å². The molecule has 11 atom stereocenters. The van der Waals surface area contributed by atoms with Gasteiger partial charge in [0.2, 0.25) is 0 Å². The topological polar surface area (TPSA) is 56.8 Å². The summed E-state index contributed by atoms with van der Waals surface area (Å²) in [6.07, 6.45) is 12.6. The quantitative estimate of drug-likeness (QED) is 0.365. The Morgan fingerprint density at radius 3 is 2.71 bits per heavy atom. The van der Waals surface area contributed by atoms with Crippen LogP contribution in [0.15, 0.2) is 35.9 Å². The predicted octanol–water partition coefficient (Wildman–Crippen LogP) is 8.30. The fourth-order valence-electron chi connectivity index (χ4n) is 10.7. The number of carbonyl (C=O) groups is 1. The van der Waals surface area contributed by atoms with Crippen molar-refractivity contribution in [2.24, 2.45) is 46.3 Å². The van der Waals surface area contributed by atoms with Gasteiger partial charge in [0.25, 0.3) is 0 Å². The van der Waals surface area contributed by atoms with E-state index in [2.05, 4.69) is 39.1 Å². The normalized spacial score (nSPS) is 46.6. The van der Waals surface area contributed by atoms with E-state index in [-0.39, 0.29) is 23.4 Å². The van der Waals surface area contributed by atoms with Crippen LogP contribution in [0.4, 0.5) is 4.79 Å². The summed E-state index contributed by atoms with van der Waals surface area (Å²) in [5.41, 5.74) is 2.98. The van der Waals surface area contributed by atoms with Crippen molar-refractivity contribution in [1.29, 1.82) is 0 Å². The summed E-state index contributed by atoms with van der Waals surface area (Å²) in [5, 5.41) is 3.57. The first-order valence-corrected chi connectivity index (χ1v) is 16.7. The fourth-order valence-corrected chi connectivity index (χ4v) is 11.0. The second-order valence-electron chi connectivity index (χ2n) is 15.0. The van der Waals surface area contributed by atoms with Gasteiger partial charge in [-0.3, -0.25) is 0 Å². The largest absolute Gasteiger partial charge is 0.446 e. The summed E-state index contributed by atoms with van der Waals surface area (Å²) < 4.78 is 19.4. The maximum atomic E-state index is 12.7. The van der Waals surface area contributed by atoms with Crippen LogP contribution in [0, 0.1) is 46.3 Å². The average molecular weight is 582 g/mol. The lowest BCUT2D eigenvalue weighted by molar-refractivity contribution is -0.272. The summed E-state index contributed by atoms with van der Waals surface area (Å²) in [6.45, 7) is 11.1. The molecule has 0 radical (unpaired) electrons. The number of ether oxygens (including phenoxy) is 3. The van der Waals surface area contributed by atoms with Crippen molar-refractivity contribution < 1.29 is 19.0 Å². The number of rotatable bonds is 3. The van der Waals surface area contributed by atoms with Gasteiger partial charge in [-0.05, 0) is 97.0 Å². The smallest absolute Gasteiger partial charge is 0.407 e. The van der Waals surface area contributed by atoms with Crippen molar-refractivity contribution in [1.82, 2.24) is 5.32 Å². The highest BCUT2D eigenvalue weighted by atomic mass is 35.5. The van der Waals surface area contributed by atoms with Crippen molar-refractivity contribution in [2.75, 3.05) is 6.61 Å². The molecular formula is C35H48ClNO4. The van der Waals surface area contributed by atoms with Crippen LogP contribution in [0.25, 0.3) is 0 Å². The van der Waals surface area contributed by atoms with E-state index in [0.717, 1.165) is 56.1 Å². The van der Waals surface area contributed by atoms with Crippen LogP contribution in [0.3, 0.4) is 0 Å². The number of carbonyl (C=O) groups excluding carboxylic acids is 1. The standard InChI is InChI=1S/C35H48ClNO4/c1-21-11-16-35(39-20-21)22(2)31-30(41-35)18-28-26-10-9-24-17-25(12-14-33(24,3)27(26)13-15-34(28,31)4)40-32(38)37-19-23-7-5-6-8-29(23)36/h5-9,21-22,25-28,30-31H,10-20H2,1-4H3,(H,37,38)/t21-,22+,25+,26-,27+,28+,30+,31+,33+,34+,35-/m1/s1. The van der Waals surface area contributed by atoms with Crippen LogP contribution in [0.5, 0.6) is 0 Å². The number of benzene rings is 1. The Labute approximate surface area is 251 Å². The lowest BCUT2D eigenvalue weighted by Gasteiger charge is -2.58. The number of halogens is 1. The lowest BCUT2D eigenvalue weighted by Crippen LogP contribution is -2.52. The summed E-state index contributed by atoms with van der Waals surface area (Å²) in [4.78, 5) is 12.7. The number of amides is 1. The summed E-state index contributed by atoms with van der Waals surface area (Å²) >= 11 is 6.25. The van der Waals surface area contributed by atoms with Crippen molar-refractivity contribution in [3.8, 4) is 0 Å². The van der Waals surface area contributed by atoms with Crippen LogP contribution < -0.4 is 5.32 Å². The molecule has 2 aliphatic heterocycles. The van der Waals surface area contributed by atoms with E-state index in [4.69, 9.17) is 25.8 Å². The Kier molecular flexibility index (Phi) is 7.07. The third-order valence-electron chi connectivity index (χ3n) is 13.0. The third-order valence-corrected chi connectivity index (χ3v) is 13.3. The van der Waals surface area contributed by atoms with Gasteiger partial charge >= 0.3 is 6.09 Å². The highest BCUT2D eigenvalue weighted by Crippen LogP contribution is 2.70. The first-order valence-electron chi connectivity index (χ1n) is 16.3. The first kappa shape index (κ1) is 28.2. The maximum absolute atomic E-state index is 12.7. The Hall–Kier alpha value is -1.56. The minimum absolute atomic E-state index is 0.0551. The molecule has 5 nitrogen and oxygen atoms in total. The number of alkyl carbamates (subject to hydrolysis) is 1. The summed E-state index contributed by atoms with van der Waals surface area (Å²) in [6, 6.07) is 7.60. The van der Waals surface area contributed by atoms with Gasteiger partial charge in [-0.15, -0.1) is 0 Å². The Bertz CT molecular complexity index is 1210. The van der Waals surface area contributed by atoms with Crippen LogP contribution in [0.1, 0.15) is 91.0 Å². The highest BCUT2D eigenvalue weighted by molar-refractivity contribution is 6.31. The van der Waals surface area contributed by atoms with E-state index in [1.54, 1.807) is 0 Å².